The number of nitrogens with one attached hydrogen (secondary N) is 1. The number of carbonyl (C=O) groups excluding carboxylic acids is 1. The maximum atomic E-state index is 12.3. The van der Waals surface area contributed by atoms with Gasteiger partial charge in [-0.15, -0.1) is 0 Å². The van der Waals surface area contributed by atoms with Gasteiger partial charge in [0, 0.05) is 24.3 Å². The van der Waals surface area contributed by atoms with E-state index < -0.39 is 0 Å². The van der Waals surface area contributed by atoms with Gasteiger partial charge in [-0.05, 0) is 61.7 Å². The predicted molar refractivity (Wildman–Crippen MR) is 97.9 cm³/mol. The Kier molecular flexibility index (Phi) is 4.89. The zero-order valence-electron chi connectivity index (χ0n) is 13.9. The predicted octanol–water partition coefficient (Wildman–Crippen LogP) is 3.52. The highest BCUT2D eigenvalue weighted by molar-refractivity contribution is 6.04. The number of hydrogen-bond donors (Lipinski definition) is 2. The van der Waals surface area contributed by atoms with E-state index in [9.17, 15) is 4.79 Å². The number of piperidine rings is 1. The summed E-state index contributed by atoms with van der Waals surface area (Å²) in [5, 5.41) is 2.89. The van der Waals surface area contributed by atoms with Gasteiger partial charge in [-0.1, -0.05) is 0 Å². The molecule has 5 heteroatoms. The summed E-state index contributed by atoms with van der Waals surface area (Å²) in [5.74, 6) is 0.560. The first-order valence-corrected chi connectivity index (χ1v) is 8.27. The Labute approximate surface area is 142 Å². The second-order valence-corrected chi connectivity index (χ2v) is 6.00. The fourth-order valence-corrected chi connectivity index (χ4v) is 3.00. The van der Waals surface area contributed by atoms with Crippen LogP contribution in [0.3, 0.4) is 0 Å². The zero-order valence-corrected chi connectivity index (χ0v) is 13.9. The molecule has 1 heterocycles. The Hall–Kier alpha value is -2.69. The molecule has 0 atom stereocenters. The first-order valence-electron chi connectivity index (χ1n) is 8.27. The lowest BCUT2D eigenvalue weighted by Gasteiger charge is -2.30. The van der Waals surface area contributed by atoms with Gasteiger partial charge in [0.2, 0.25) is 0 Å². The van der Waals surface area contributed by atoms with Crippen LogP contribution in [0, 0.1) is 0 Å². The van der Waals surface area contributed by atoms with Gasteiger partial charge >= 0.3 is 0 Å². The van der Waals surface area contributed by atoms with E-state index in [2.05, 4.69) is 10.2 Å². The van der Waals surface area contributed by atoms with Crippen molar-refractivity contribution in [2.75, 3.05) is 36.1 Å². The van der Waals surface area contributed by atoms with Gasteiger partial charge in [0.15, 0.2) is 0 Å². The Morgan fingerprint density at radius 1 is 1.08 bits per heavy atom. The normalized spacial score (nSPS) is 14.3. The number of benzene rings is 2. The number of rotatable bonds is 4. The van der Waals surface area contributed by atoms with Crippen molar-refractivity contribution in [1.29, 1.82) is 0 Å². The van der Waals surface area contributed by atoms with Crippen molar-refractivity contribution >= 4 is 23.0 Å². The summed E-state index contributed by atoms with van der Waals surface area (Å²) in [5.41, 5.74) is 9.23. The van der Waals surface area contributed by atoms with E-state index in [4.69, 9.17) is 10.5 Å². The van der Waals surface area contributed by atoms with Gasteiger partial charge in [0.25, 0.3) is 5.91 Å². The first-order chi connectivity index (χ1) is 11.7. The number of carbonyl (C=O) groups is 1. The molecule has 0 unspecified atom stereocenters. The zero-order chi connectivity index (χ0) is 16.9. The minimum atomic E-state index is -0.164. The number of amides is 1. The third-order valence-electron chi connectivity index (χ3n) is 4.33. The fourth-order valence-electron chi connectivity index (χ4n) is 3.00. The molecule has 0 aromatic heterocycles. The van der Waals surface area contributed by atoms with E-state index in [-0.39, 0.29) is 5.91 Å². The van der Waals surface area contributed by atoms with Crippen LogP contribution in [-0.4, -0.2) is 26.1 Å². The lowest BCUT2D eigenvalue weighted by atomic mass is 10.1. The Morgan fingerprint density at radius 3 is 2.42 bits per heavy atom. The number of anilines is 3. The molecule has 2 aromatic carbocycles. The van der Waals surface area contributed by atoms with Gasteiger partial charge in [-0.2, -0.15) is 0 Å². The number of nitrogens with zero attached hydrogens (tertiary/aromatic N) is 1. The van der Waals surface area contributed by atoms with E-state index in [1.165, 1.54) is 19.3 Å². The second-order valence-electron chi connectivity index (χ2n) is 6.00. The lowest BCUT2D eigenvalue weighted by molar-refractivity contribution is 0.102. The summed E-state index contributed by atoms with van der Waals surface area (Å²) in [6.07, 6.45) is 3.69. The average Bonchev–Trinajstić information content (AvgIpc) is 2.62. The average molecular weight is 325 g/mol. The Bertz CT molecular complexity index is 707. The maximum absolute atomic E-state index is 12.3. The highest BCUT2D eigenvalue weighted by atomic mass is 16.5. The van der Waals surface area contributed by atoms with Crippen molar-refractivity contribution in [3.05, 3.63) is 48.0 Å². The molecule has 1 saturated heterocycles. The molecule has 3 N–H and O–H groups in total. The highest BCUT2D eigenvalue weighted by Gasteiger charge is 2.14. The first kappa shape index (κ1) is 16.2. The number of hydrogen-bond acceptors (Lipinski definition) is 4. The van der Waals surface area contributed by atoms with Gasteiger partial charge in [-0.25, -0.2) is 0 Å². The van der Waals surface area contributed by atoms with Crippen LogP contribution in [0.5, 0.6) is 5.75 Å². The van der Waals surface area contributed by atoms with Crippen LogP contribution in [0.15, 0.2) is 42.5 Å². The number of nitrogen functional groups attached to an aromatic ring is 1. The maximum Gasteiger partial charge on any atom is 0.255 e. The summed E-state index contributed by atoms with van der Waals surface area (Å²) >= 11 is 0. The van der Waals surface area contributed by atoms with Crippen LogP contribution >= 0.6 is 0 Å². The molecule has 2 aromatic rings. The van der Waals surface area contributed by atoms with Crippen LogP contribution < -0.4 is 20.7 Å². The fraction of sp³-hybridized carbons (Fsp3) is 0.316. The van der Waals surface area contributed by atoms with E-state index >= 15 is 0 Å². The van der Waals surface area contributed by atoms with Crippen LogP contribution in [0.25, 0.3) is 0 Å². The monoisotopic (exact) mass is 325 g/mol. The second kappa shape index (κ2) is 7.25. The van der Waals surface area contributed by atoms with Gasteiger partial charge in [0.1, 0.15) is 5.75 Å². The summed E-state index contributed by atoms with van der Waals surface area (Å²) in [6.45, 7) is 2.09. The van der Waals surface area contributed by atoms with Crippen molar-refractivity contribution < 1.29 is 9.53 Å². The number of methoxy groups -OCH3 is 1. The molecular formula is C19H23N3O2. The molecule has 0 saturated carbocycles. The summed E-state index contributed by atoms with van der Waals surface area (Å²) < 4.78 is 5.10. The molecule has 1 aliphatic heterocycles. The third kappa shape index (κ3) is 3.62. The molecule has 1 amide bonds. The SMILES string of the molecule is COc1ccc(C(=O)Nc2ccc(N3CCCCC3)c(N)c2)cc1. The number of ether oxygens (including phenoxy) is 1. The lowest BCUT2D eigenvalue weighted by Crippen LogP contribution is -2.30. The minimum Gasteiger partial charge on any atom is -0.497 e. The van der Waals surface area contributed by atoms with E-state index in [0.29, 0.717) is 16.9 Å². The van der Waals surface area contributed by atoms with Crippen LogP contribution in [-0.2, 0) is 0 Å². The van der Waals surface area contributed by atoms with E-state index in [1.54, 1.807) is 31.4 Å². The summed E-state index contributed by atoms with van der Waals surface area (Å²) in [7, 11) is 1.60. The molecule has 126 valence electrons. The van der Waals surface area contributed by atoms with Gasteiger partial charge in [0.05, 0.1) is 18.5 Å². The molecule has 0 spiro atoms. The molecule has 1 fully saturated rings. The highest BCUT2D eigenvalue weighted by Crippen LogP contribution is 2.29. The summed E-state index contributed by atoms with van der Waals surface area (Å²) in [6, 6.07) is 12.7. The van der Waals surface area contributed by atoms with Crippen LogP contribution in [0.4, 0.5) is 17.1 Å². The minimum absolute atomic E-state index is 0.164. The molecule has 5 nitrogen and oxygen atoms in total. The van der Waals surface area contributed by atoms with Gasteiger partial charge < -0.3 is 20.7 Å². The van der Waals surface area contributed by atoms with E-state index in [0.717, 1.165) is 24.5 Å². The van der Waals surface area contributed by atoms with E-state index in [1.807, 2.05) is 18.2 Å². The number of nitrogens with two attached hydrogens (primary N) is 1. The molecule has 24 heavy (non-hydrogen) atoms. The third-order valence-corrected chi connectivity index (χ3v) is 4.33. The van der Waals surface area contributed by atoms with Crippen molar-refractivity contribution in [2.24, 2.45) is 0 Å². The summed E-state index contributed by atoms with van der Waals surface area (Å²) in [4.78, 5) is 14.6. The van der Waals surface area contributed by atoms with Crippen molar-refractivity contribution in [2.45, 2.75) is 19.3 Å². The quantitative estimate of drug-likeness (QED) is 0.844. The Balaban J connectivity index is 1.70. The van der Waals surface area contributed by atoms with Crippen molar-refractivity contribution in [3.63, 3.8) is 0 Å². The molecular weight excluding hydrogens is 302 g/mol. The van der Waals surface area contributed by atoms with Crippen molar-refractivity contribution in [3.8, 4) is 5.75 Å². The smallest absolute Gasteiger partial charge is 0.255 e. The molecule has 1 aliphatic rings. The van der Waals surface area contributed by atoms with Crippen LogP contribution in [0.1, 0.15) is 29.6 Å². The largest absolute Gasteiger partial charge is 0.497 e. The van der Waals surface area contributed by atoms with Crippen LogP contribution in [0.2, 0.25) is 0 Å². The molecule has 0 bridgehead atoms. The molecule has 0 aliphatic carbocycles. The topological polar surface area (TPSA) is 67.6 Å². The van der Waals surface area contributed by atoms with Crippen molar-refractivity contribution in [1.82, 2.24) is 0 Å². The molecule has 3 rings (SSSR count). The standard InChI is InChI=1S/C19H23N3O2/c1-24-16-8-5-14(6-9-16)19(23)21-15-7-10-18(17(20)13-15)22-11-3-2-4-12-22/h5-10,13H,2-4,11-12,20H2,1H3,(H,21,23). The molecule has 0 radical (unpaired) electrons. The van der Waals surface area contributed by atoms with Gasteiger partial charge in [-0.3, -0.25) is 4.79 Å². The Morgan fingerprint density at radius 2 is 1.79 bits per heavy atom.